The molecular weight excluding hydrogens is 604 g/mol. The van der Waals surface area contributed by atoms with Crippen molar-refractivity contribution in [2.75, 3.05) is 6.61 Å². The van der Waals surface area contributed by atoms with Crippen LogP contribution in [0.3, 0.4) is 0 Å². The Kier molecular flexibility index (Phi) is 8.82. The molecule has 43 heavy (non-hydrogen) atoms. The molecule has 2 amide bonds. The van der Waals surface area contributed by atoms with Crippen LogP contribution in [-0.2, 0) is 25.8 Å². The van der Waals surface area contributed by atoms with Gasteiger partial charge in [0.15, 0.2) is 0 Å². The van der Waals surface area contributed by atoms with Gasteiger partial charge in [-0.15, -0.1) is 0 Å². The molecule has 1 saturated heterocycles. The van der Waals surface area contributed by atoms with E-state index in [4.69, 9.17) is 4.74 Å². The Bertz CT molecular complexity index is 1590. The molecule has 0 radical (unpaired) electrons. The van der Waals surface area contributed by atoms with Gasteiger partial charge >= 0.3 is 27.9 Å². The molecule has 0 N–H and O–H groups in total. The largest absolute Gasteiger partial charge is 0.534 e. The maximum atomic E-state index is 14.0. The van der Waals surface area contributed by atoms with Gasteiger partial charge in [0.25, 0.3) is 0 Å². The van der Waals surface area contributed by atoms with Gasteiger partial charge in [-0.1, -0.05) is 62.4 Å². The summed E-state index contributed by atoms with van der Waals surface area (Å²) in [5.41, 5.74) is -6.16. The number of benzene rings is 3. The summed E-state index contributed by atoms with van der Waals surface area (Å²) in [6, 6.07) is 14.4. The molecule has 1 aliphatic rings. The van der Waals surface area contributed by atoms with Crippen LogP contribution in [0.25, 0.3) is 11.1 Å². The Morgan fingerprint density at radius 2 is 1.58 bits per heavy atom. The number of imide groups is 1. The van der Waals surface area contributed by atoms with Gasteiger partial charge in [-0.2, -0.15) is 34.8 Å². The number of alkyl halides is 6. The van der Waals surface area contributed by atoms with Crippen LogP contribution in [0.4, 0.5) is 31.1 Å². The van der Waals surface area contributed by atoms with E-state index in [1.807, 2.05) is 0 Å². The van der Waals surface area contributed by atoms with Gasteiger partial charge in [0.1, 0.15) is 18.4 Å². The Hall–Kier alpha value is -4.07. The first-order chi connectivity index (χ1) is 20.0. The number of amides is 2. The molecule has 3 aromatic carbocycles. The van der Waals surface area contributed by atoms with Crippen molar-refractivity contribution < 1.29 is 53.3 Å². The molecule has 7 nitrogen and oxygen atoms in total. The molecule has 1 aliphatic heterocycles. The lowest BCUT2D eigenvalue weighted by atomic mass is 9.86. The molecule has 4 rings (SSSR count). The summed E-state index contributed by atoms with van der Waals surface area (Å²) < 4.78 is 112. The summed E-state index contributed by atoms with van der Waals surface area (Å²) in [4.78, 5) is 27.6. The minimum absolute atomic E-state index is 0.0185. The first-order valence-corrected chi connectivity index (χ1v) is 14.3. The van der Waals surface area contributed by atoms with Crippen LogP contribution in [-0.4, -0.2) is 37.4 Å². The van der Waals surface area contributed by atoms with E-state index < -0.39 is 57.1 Å². The number of carbonyl (C=O) groups excluding carboxylic acids is 2. The average Bonchev–Trinajstić information content (AvgIpc) is 3.31. The van der Waals surface area contributed by atoms with Crippen LogP contribution in [0, 0.1) is 5.92 Å². The molecule has 0 saturated carbocycles. The molecule has 3 aromatic rings. The predicted octanol–water partition coefficient (Wildman–Crippen LogP) is 7.45. The van der Waals surface area contributed by atoms with Gasteiger partial charge in [-0.25, -0.2) is 9.69 Å². The summed E-state index contributed by atoms with van der Waals surface area (Å²) in [6.45, 7) is 3.36. The number of halogens is 6. The van der Waals surface area contributed by atoms with E-state index in [0.29, 0.717) is 5.56 Å². The van der Waals surface area contributed by atoms with Crippen molar-refractivity contribution in [3.8, 4) is 16.9 Å². The van der Waals surface area contributed by atoms with E-state index in [9.17, 15) is 44.3 Å². The van der Waals surface area contributed by atoms with Crippen LogP contribution in [0.5, 0.6) is 5.75 Å². The molecule has 14 heteroatoms. The summed E-state index contributed by atoms with van der Waals surface area (Å²) >= 11 is 0. The highest BCUT2D eigenvalue weighted by atomic mass is 32.2. The minimum Gasteiger partial charge on any atom is -0.446 e. The molecule has 0 bridgehead atoms. The maximum Gasteiger partial charge on any atom is 0.534 e. The Balaban J connectivity index is 1.84. The van der Waals surface area contributed by atoms with Crippen molar-refractivity contribution in [3.05, 3.63) is 89.5 Å². The fourth-order valence-electron chi connectivity index (χ4n) is 4.67. The fraction of sp³-hybridized carbons (Fsp3) is 0.310. The van der Waals surface area contributed by atoms with Gasteiger partial charge in [-0.05, 0) is 58.9 Å². The standard InChI is InChI=1S/C29H25F6NO6S/c1-17(2)12-24(26(37)36-25(16-41-27(36)38)19-6-4-3-5-7-19)21-13-20(18-8-10-22(11-9-18)28(30,31)32)14-23(15-21)42-43(39,40)29(33,34)35/h3-11,13-15,17,24-25H,12,16H2,1-2H3/t24-,25?/m1/s1. The van der Waals surface area contributed by atoms with Crippen molar-refractivity contribution in [1.29, 1.82) is 0 Å². The second kappa shape index (κ2) is 11.9. The first kappa shape index (κ1) is 31.9. The Labute approximate surface area is 243 Å². The highest BCUT2D eigenvalue weighted by Crippen LogP contribution is 2.39. The molecular formula is C29H25F6NO6S. The smallest absolute Gasteiger partial charge is 0.446 e. The van der Waals surface area contributed by atoms with Crippen molar-refractivity contribution in [1.82, 2.24) is 4.90 Å². The molecule has 0 aromatic heterocycles. The maximum absolute atomic E-state index is 14.0. The highest BCUT2D eigenvalue weighted by Gasteiger charge is 2.49. The number of nitrogens with zero attached hydrogens (tertiary/aromatic N) is 1. The second-order valence-corrected chi connectivity index (χ2v) is 11.8. The lowest BCUT2D eigenvalue weighted by Crippen LogP contribution is -2.38. The zero-order valence-corrected chi connectivity index (χ0v) is 23.5. The molecule has 1 fully saturated rings. The SMILES string of the molecule is CC(C)C[C@@H](C(=O)N1C(=O)OCC1c1ccccc1)c1cc(OS(=O)(=O)C(F)(F)F)cc(-c2ccc(C(F)(F)F)cc2)c1. The van der Waals surface area contributed by atoms with Gasteiger partial charge < -0.3 is 8.92 Å². The third-order valence-corrected chi connectivity index (χ3v) is 7.65. The van der Waals surface area contributed by atoms with Gasteiger partial charge in [-0.3, -0.25) is 4.79 Å². The predicted molar refractivity (Wildman–Crippen MR) is 142 cm³/mol. The molecule has 1 unspecified atom stereocenters. The third kappa shape index (κ3) is 7.12. The number of carbonyl (C=O) groups is 2. The van der Waals surface area contributed by atoms with E-state index in [2.05, 4.69) is 4.18 Å². The third-order valence-electron chi connectivity index (χ3n) is 6.67. The summed E-state index contributed by atoms with van der Waals surface area (Å²) in [7, 11) is -6.15. The first-order valence-electron chi connectivity index (χ1n) is 12.9. The molecule has 230 valence electrons. The van der Waals surface area contributed by atoms with Gasteiger partial charge in [0.2, 0.25) is 5.91 Å². The van der Waals surface area contributed by atoms with Crippen LogP contribution in [0.15, 0.2) is 72.8 Å². The van der Waals surface area contributed by atoms with E-state index in [1.54, 1.807) is 44.2 Å². The molecule has 1 heterocycles. The number of hydrogen-bond donors (Lipinski definition) is 0. The zero-order chi connectivity index (χ0) is 31.7. The Morgan fingerprint density at radius 3 is 2.14 bits per heavy atom. The van der Waals surface area contributed by atoms with Gasteiger partial charge in [0.05, 0.1) is 11.5 Å². The van der Waals surface area contributed by atoms with E-state index >= 15 is 0 Å². The van der Waals surface area contributed by atoms with Gasteiger partial charge in [0, 0.05) is 0 Å². The minimum atomic E-state index is -6.15. The second-order valence-electron chi connectivity index (χ2n) is 10.2. The topological polar surface area (TPSA) is 90.0 Å². The highest BCUT2D eigenvalue weighted by molar-refractivity contribution is 7.88. The number of rotatable bonds is 8. The van der Waals surface area contributed by atoms with Crippen molar-refractivity contribution in [2.24, 2.45) is 5.92 Å². The van der Waals surface area contributed by atoms with E-state index in [0.717, 1.165) is 41.3 Å². The van der Waals surface area contributed by atoms with Crippen molar-refractivity contribution >= 4 is 22.1 Å². The van der Waals surface area contributed by atoms with E-state index in [1.165, 1.54) is 6.07 Å². The molecule has 0 aliphatic carbocycles. The quantitative estimate of drug-likeness (QED) is 0.146. The fourth-order valence-corrected chi connectivity index (χ4v) is 5.11. The lowest BCUT2D eigenvalue weighted by molar-refractivity contribution is -0.137. The van der Waals surface area contributed by atoms with Crippen LogP contribution in [0.2, 0.25) is 0 Å². The molecule has 2 atom stereocenters. The summed E-state index contributed by atoms with van der Waals surface area (Å²) in [5, 5.41) is 0. The van der Waals surface area contributed by atoms with E-state index in [-0.39, 0.29) is 35.6 Å². The average molecular weight is 630 g/mol. The monoisotopic (exact) mass is 629 g/mol. The van der Waals surface area contributed by atoms with Crippen LogP contribution in [0.1, 0.15) is 48.9 Å². The van der Waals surface area contributed by atoms with Crippen molar-refractivity contribution in [2.45, 2.75) is 43.9 Å². The number of hydrogen-bond acceptors (Lipinski definition) is 6. The lowest BCUT2D eigenvalue weighted by Gasteiger charge is -2.27. The number of cyclic esters (lactones) is 1. The summed E-state index contributed by atoms with van der Waals surface area (Å²) in [6.07, 6.45) is -5.54. The van der Waals surface area contributed by atoms with Crippen LogP contribution < -0.4 is 4.18 Å². The summed E-state index contributed by atoms with van der Waals surface area (Å²) in [5.74, 6) is -3.00. The van der Waals surface area contributed by atoms with Crippen molar-refractivity contribution in [3.63, 3.8) is 0 Å². The normalized spacial score (nSPS) is 16.7. The number of ether oxygens (including phenoxy) is 1. The zero-order valence-electron chi connectivity index (χ0n) is 22.6. The van der Waals surface area contributed by atoms with Crippen LogP contribution >= 0.6 is 0 Å². The Morgan fingerprint density at radius 1 is 0.953 bits per heavy atom. The molecule has 0 spiro atoms.